The first-order valence-corrected chi connectivity index (χ1v) is 17.6. The van der Waals surface area contributed by atoms with Crippen molar-refractivity contribution in [1.82, 2.24) is 20.5 Å². The van der Waals surface area contributed by atoms with Gasteiger partial charge in [-0.05, 0) is 52.2 Å². The van der Waals surface area contributed by atoms with E-state index in [-0.39, 0.29) is 25.3 Å². The van der Waals surface area contributed by atoms with Gasteiger partial charge in [-0.15, -0.1) is 0 Å². The molecule has 6 rings (SSSR count). The number of aromatic nitrogens is 1. The number of ether oxygens (including phenoxy) is 3. The molecule has 4 amide bonds. The zero-order valence-corrected chi connectivity index (χ0v) is 29.8. The van der Waals surface area contributed by atoms with Crippen molar-refractivity contribution in [2.45, 2.75) is 88.6 Å². The van der Waals surface area contributed by atoms with Crippen molar-refractivity contribution < 1.29 is 38.2 Å². The van der Waals surface area contributed by atoms with E-state index in [0.717, 1.165) is 5.56 Å². The van der Waals surface area contributed by atoms with E-state index in [1.165, 1.54) is 4.90 Å². The molecule has 52 heavy (non-hydrogen) atoms. The standard InChI is InChI=1S/C39H45N5O8/c1-38(2,3)52-34(46)20-30-36(48)44-22-26(18-31(44)35(47)43-39(37(40)49)21-24(39)13-9-6-10-14-33(45)42-30)51-32-19-28(23-11-7-5-8-12-23)41-29-17-25(50-4)15-16-27(29)32/h5,7-9,11-13,15-17,19,24,26,30-31H,6,10,14,18,20-22H2,1-4H3,(H2,40,49)(H,42,45)(H,43,47)/b13-9-/t24?,26-,30+,31+,39?/m1/s1. The van der Waals surface area contributed by atoms with E-state index in [0.29, 0.717) is 47.4 Å². The number of carbonyl (C=O) groups excluding carboxylic acids is 5. The third kappa shape index (κ3) is 8.03. The molecule has 0 bridgehead atoms. The number of allylic oxidation sites excluding steroid dienone is 1. The van der Waals surface area contributed by atoms with Crippen molar-refractivity contribution in [3.8, 4) is 22.8 Å². The molecule has 2 aromatic carbocycles. The first-order valence-electron chi connectivity index (χ1n) is 17.6. The number of rotatable bonds is 7. The van der Waals surface area contributed by atoms with Gasteiger partial charge in [-0.3, -0.25) is 24.0 Å². The number of esters is 1. The predicted molar refractivity (Wildman–Crippen MR) is 192 cm³/mol. The minimum Gasteiger partial charge on any atom is -0.497 e. The molecule has 3 aromatic rings. The molecule has 13 heteroatoms. The van der Waals surface area contributed by atoms with Gasteiger partial charge in [0.15, 0.2) is 0 Å². The normalized spacial score (nSPS) is 25.8. The number of pyridine rings is 1. The summed E-state index contributed by atoms with van der Waals surface area (Å²) in [5.74, 6) is -2.22. The van der Waals surface area contributed by atoms with E-state index in [4.69, 9.17) is 24.9 Å². The van der Waals surface area contributed by atoms with Gasteiger partial charge < -0.3 is 35.5 Å². The number of primary amides is 1. The fourth-order valence-corrected chi connectivity index (χ4v) is 6.88. The van der Waals surface area contributed by atoms with Crippen LogP contribution in [-0.2, 0) is 28.7 Å². The molecule has 5 atom stereocenters. The lowest BCUT2D eigenvalue weighted by Crippen LogP contribution is -2.57. The zero-order valence-electron chi connectivity index (χ0n) is 29.8. The summed E-state index contributed by atoms with van der Waals surface area (Å²) in [7, 11) is 1.57. The highest BCUT2D eigenvalue weighted by atomic mass is 16.6. The largest absolute Gasteiger partial charge is 0.497 e. The highest BCUT2D eigenvalue weighted by molar-refractivity contribution is 5.98. The average molecular weight is 712 g/mol. The first-order chi connectivity index (χ1) is 24.8. The molecule has 4 N–H and O–H groups in total. The molecular weight excluding hydrogens is 666 g/mol. The summed E-state index contributed by atoms with van der Waals surface area (Å²) in [5.41, 5.74) is 5.83. The summed E-state index contributed by atoms with van der Waals surface area (Å²) in [6.45, 7) is 5.07. The molecule has 1 aromatic heterocycles. The average Bonchev–Trinajstić information content (AvgIpc) is 3.63. The van der Waals surface area contributed by atoms with Crippen LogP contribution in [0.1, 0.15) is 59.3 Å². The minimum atomic E-state index is -1.31. The van der Waals surface area contributed by atoms with Gasteiger partial charge in [0.1, 0.15) is 40.8 Å². The van der Waals surface area contributed by atoms with Gasteiger partial charge in [-0.2, -0.15) is 0 Å². The van der Waals surface area contributed by atoms with Crippen LogP contribution < -0.4 is 25.8 Å². The van der Waals surface area contributed by atoms with Gasteiger partial charge in [0.25, 0.3) is 0 Å². The van der Waals surface area contributed by atoms with Crippen LogP contribution in [-0.4, -0.2) is 82.5 Å². The maximum atomic E-state index is 14.4. The molecule has 2 unspecified atom stereocenters. The van der Waals surface area contributed by atoms with E-state index >= 15 is 0 Å². The molecule has 3 aliphatic rings. The summed E-state index contributed by atoms with van der Waals surface area (Å²) in [5, 5.41) is 6.28. The number of hydrogen-bond donors (Lipinski definition) is 3. The van der Waals surface area contributed by atoms with Gasteiger partial charge in [0.2, 0.25) is 23.6 Å². The van der Waals surface area contributed by atoms with E-state index in [1.54, 1.807) is 40.0 Å². The second-order valence-electron chi connectivity index (χ2n) is 14.6. The highest BCUT2D eigenvalue weighted by Crippen LogP contribution is 2.45. The monoisotopic (exact) mass is 711 g/mol. The van der Waals surface area contributed by atoms with Crippen LogP contribution in [0.2, 0.25) is 0 Å². The maximum absolute atomic E-state index is 14.4. The summed E-state index contributed by atoms with van der Waals surface area (Å²) in [4.78, 5) is 73.6. The van der Waals surface area contributed by atoms with Crippen molar-refractivity contribution in [3.63, 3.8) is 0 Å². The number of amides is 4. The Morgan fingerprint density at radius 2 is 1.85 bits per heavy atom. The quantitative estimate of drug-likeness (QED) is 0.244. The first kappa shape index (κ1) is 36.3. The van der Waals surface area contributed by atoms with Crippen molar-refractivity contribution in [2.24, 2.45) is 11.7 Å². The lowest BCUT2D eigenvalue weighted by Gasteiger charge is -2.30. The van der Waals surface area contributed by atoms with Crippen LogP contribution in [0.4, 0.5) is 0 Å². The second-order valence-corrected chi connectivity index (χ2v) is 14.6. The molecule has 2 fully saturated rings. The van der Waals surface area contributed by atoms with Gasteiger partial charge in [-0.1, -0.05) is 42.5 Å². The smallest absolute Gasteiger partial charge is 0.308 e. The molecule has 2 aliphatic heterocycles. The lowest BCUT2D eigenvalue weighted by atomic mass is 10.1. The summed E-state index contributed by atoms with van der Waals surface area (Å²) < 4.78 is 17.6. The number of benzene rings is 2. The number of methoxy groups -OCH3 is 1. The summed E-state index contributed by atoms with van der Waals surface area (Å²) >= 11 is 0. The molecule has 1 saturated heterocycles. The minimum absolute atomic E-state index is 0.0504. The van der Waals surface area contributed by atoms with E-state index in [1.807, 2.05) is 54.6 Å². The molecule has 1 aliphatic carbocycles. The lowest BCUT2D eigenvalue weighted by molar-refractivity contribution is -0.157. The Morgan fingerprint density at radius 1 is 1.08 bits per heavy atom. The Bertz CT molecular complexity index is 1910. The molecule has 1 saturated carbocycles. The Kier molecular flexibility index (Phi) is 10.2. The Morgan fingerprint density at radius 3 is 2.56 bits per heavy atom. The molecule has 0 spiro atoms. The second kappa shape index (κ2) is 14.6. The van der Waals surface area contributed by atoms with Crippen molar-refractivity contribution in [2.75, 3.05) is 13.7 Å². The number of hydrogen-bond acceptors (Lipinski definition) is 9. The van der Waals surface area contributed by atoms with Crippen LogP contribution in [0.3, 0.4) is 0 Å². The summed E-state index contributed by atoms with van der Waals surface area (Å²) in [6.07, 6.45) is 4.04. The van der Waals surface area contributed by atoms with Crippen molar-refractivity contribution in [1.29, 1.82) is 0 Å². The number of nitrogens with zero attached hydrogens (tertiary/aromatic N) is 2. The highest BCUT2D eigenvalue weighted by Gasteiger charge is 2.60. The van der Waals surface area contributed by atoms with Gasteiger partial charge in [-0.25, -0.2) is 4.98 Å². The molecule has 274 valence electrons. The molecule has 0 radical (unpaired) electrons. The van der Waals surface area contributed by atoms with Crippen LogP contribution in [0.25, 0.3) is 22.2 Å². The Labute approximate surface area is 302 Å². The van der Waals surface area contributed by atoms with Crippen LogP contribution in [0.15, 0.2) is 66.7 Å². The predicted octanol–water partition coefficient (Wildman–Crippen LogP) is 3.58. The number of fused-ring (bicyclic) bond motifs is 3. The maximum Gasteiger partial charge on any atom is 0.308 e. The van der Waals surface area contributed by atoms with E-state index < -0.39 is 65.3 Å². The van der Waals surface area contributed by atoms with Crippen molar-refractivity contribution >= 4 is 40.5 Å². The fraction of sp³-hybridized carbons (Fsp3) is 0.436. The summed E-state index contributed by atoms with van der Waals surface area (Å²) in [6, 6.07) is 14.4. The Balaban J connectivity index is 1.36. The SMILES string of the molecule is COc1ccc2c(O[C@@H]3C[C@H]4C(=O)NC5(C(N)=O)CC5/C=C\CCCC(=O)N[C@@H](CC(=O)OC(C)(C)C)C(=O)N4C3)cc(-c3ccccc3)nc2c1. The zero-order chi connectivity index (χ0) is 37.2. The molecular formula is C39H45N5O8. The topological polar surface area (TPSA) is 179 Å². The van der Waals surface area contributed by atoms with Gasteiger partial charge in [0, 0.05) is 41.8 Å². The third-order valence-corrected chi connectivity index (χ3v) is 9.56. The fourth-order valence-electron chi connectivity index (χ4n) is 6.88. The number of nitrogens with one attached hydrogen (secondary N) is 2. The van der Waals surface area contributed by atoms with Crippen molar-refractivity contribution in [3.05, 3.63) is 66.7 Å². The van der Waals surface area contributed by atoms with Gasteiger partial charge in [0.05, 0.1) is 31.3 Å². The number of carbonyl (C=O) groups is 5. The van der Waals surface area contributed by atoms with Crippen LogP contribution in [0, 0.1) is 5.92 Å². The van der Waals surface area contributed by atoms with E-state index in [2.05, 4.69) is 10.6 Å². The molecule has 13 nitrogen and oxygen atoms in total. The molecule has 3 heterocycles. The Hall–Kier alpha value is -5.46. The van der Waals surface area contributed by atoms with Gasteiger partial charge >= 0.3 is 5.97 Å². The van der Waals surface area contributed by atoms with E-state index in [9.17, 15) is 24.0 Å². The van der Waals surface area contributed by atoms with Crippen LogP contribution >= 0.6 is 0 Å². The van der Waals surface area contributed by atoms with Crippen LogP contribution in [0.5, 0.6) is 11.5 Å². The third-order valence-electron chi connectivity index (χ3n) is 9.56. The number of nitrogens with two attached hydrogens (primary N) is 1.